The number of aromatic hydroxyl groups is 1. The Morgan fingerprint density at radius 2 is 1.76 bits per heavy atom. The van der Waals surface area contributed by atoms with Gasteiger partial charge in [-0.3, -0.25) is 4.18 Å². The molecule has 0 saturated carbocycles. The number of nitrogens with zero attached hydrogens (tertiary/aromatic N) is 2. The smallest absolute Gasteiger partial charge is 0.299 e. The fraction of sp³-hybridized carbons (Fsp3) is 0.0588. The van der Waals surface area contributed by atoms with Crippen LogP contribution in [0.1, 0.15) is 0 Å². The molecule has 0 fully saturated rings. The molecule has 0 aliphatic heterocycles. The van der Waals surface area contributed by atoms with E-state index in [0.717, 1.165) is 7.11 Å². The predicted octanol–water partition coefficient (Wildman–Crippen LogP) is 3.88. The van der Waals surface area contributed by atoms with Gasteiger partial charge in [0.05, 0.1) is 12.8 Å². The molecule has 3 aromatic carbocycles. The maximum absolute atomic E-state index is 12.2. The fourth-order valence-corrected chi connectivity index (χ4v) is 3.23. The van der Waals surface area contributed by atoms with E-state index in [1.54, 1.807) is 42.5 Å². The highest BCUT2D eigenvalue weighted by Gasteiger charge is 2.24. The molecule has 8 heteroatoms. The Labute approximate surface area is 144 Å². The number of phenolic OH excluding ortho intramolecular Hbond substituents is 1. The number of phenols is 1. The maximum atomic E-state index is 12.2. The van der Waals surface area contributed by atoms with E-state index in [9.17, 15) is 13.5 Å². The summed E-state index contributed by atoms with van der Waals surface area (Å²) in [5, 5.41) is 19.3. The zero-order chi connectivity index (χ0) is 18.0. The van der Waals surface area contributed by atoms with Crippen LogP contribution < -0.4 is 5.73 Å². The lowest BCUT2D eigenvalue weighted by molar-refractivity contribution is 0.397. The van der Waals surface area contributed by atoms with Crippen molar-refractivity contribution in [2.75, 3.05) is 12.8 Å². The van der Waals surface area contributed by atoms with Gasteiger partial charge in [0.15, 0.2) is 5.75 Å². The molecule has 3 N–H and O–H groups in total. The van der Waals surface area contributed by atoms with Crippen molar-refractivity contribution in [2.24, 2.45) is 10.2 Å². The molecule has 0 atom stereocenters. The molecule has 3 aromatic rings. The number of fused-ring (bicyclic) bond motifs is 1. The van der Waals surface area contributed by atoms with Crippen molar-refractivity contribution in [1.82, 2.24) is 0 Å². The monoisotopic (exact) mass is 357 g/mol. The number of anilines is 1. The van der Waals surface area contributed by atoms with Gasteiger partial charge in [-0.2, -0.15) is 13.5 Å². The zero-order valence-electron chi connectivity index (χ0n) is 13.2. The first kappa shape index (κ1) is 16.9. The first-order chi connectivity index (χ1) is 11.9. The third kappa shape index (κ3) is 3.17. The number of hydrogen-bond acceptors (Lipinski definition) is 7. The minimum atomic E-state index is -4.11. The van der Waals surface area contributed by atoms with Crippen LogP contribution >= 0.6 is 0 Å². The van der Waals surface area contributed by atoms with Crippen LogP contribution in [0.5, 0.6) is 5.75 Å². The van der Waals surface area contributed by atoms with Crippen LogP contribution in [0, 0.1) is 0 Å². The third-order valence-electron chi connectivity index (χ3n) is 3.62. The summed E-state index contributed by atoms with van der Waals surface area (Å²) < 4.78 is 29.1. The van der Waals surface area contributed by atoms with Crippen molar-refractivity contribution in [1.29, 1.82) is 0 Å². The summed E-state index contributed by atoms with van der Waals surface area (Å²) in [4.78, 5) is -0.287. The highest BCUT2D eigenvalue weighted by atomic mass is 32.2. The third-order valence-corrected chi connectivity index (χ3v) is 4.91. The molecule has 0 unspecified atom stereocenters. The molecular weight excluding hydrogens is 342 g/mol. The van der Waals surface area contributed by atoms with E-state index in [-0.39, 0.29) is 16.3 Å². The molecule has 3 rings (SSSR count). The molecule has 0 aliphatic carbocycles. The second-order valence-electron chi connectivity index (χ2n) is 5.17. The first-order valence-electron chi connectivity index (χ1n) is 7.25. The average Bonchev–Trinajstić information content (AvgIpc) is 2.61. The minimum absolute atomic E-state index is 0.226. The van der Waals surface area contributed by atoms with E-state index < -0.39 is 10.1 Å². The molecule has 0 spiro atoms. The molecule has 0 amide bonds. The molecule has 25 heavy (non-hydrogen) atoms. The Hall–Kier alpha value is -2.97. The number of benzene rings is 3. The molecule has 128 valence electrons. The lowest BCUT2D eigenvalue weighted by atomic mass is 10.1. The van der Waals surface area contributed by atoms with Gasteiger partial charge in [0.2, 0.25) is 0 Å². The van der Waals surface area contributed by atoms with Crippen LogP contribution in [0.3, 0.4) is 0 Å². The molecule has 0 bridgehead atoms. The minimum Gasteiger partial charge on any atom is -0.505 e. The summed E-state index contributed by atoms with van der Waals surface area (Å²) in [6.45, 7) is 0. The molecule has 7 nitrogen and oxygen atoms in total. The Morgan fingerprint density at radius 1 is 1.04 bits per heavy atom. The van der Waals surface area contributed by atoms with E-state index >= 15 is 0 Å². The van der Waals surface area contributed by atoms with Gasteiger partial charge < -0.3 is 10.8 Å². The standard InChI is InChI=1S/C17H15N3O4S/c1-24-25(22,23)14-10-11-6-5-9-13(18)15(11)17(21)16(14)20-19-12-7-3-2-4-8-12/h2-10,21H,18H2,1H3. The summed E-state index contributed by atoms with van der Waals surface area (Å²) in [6.07, 6.45) is 0. The van der Waals surface area contributed by atoms with Crippen molar-refractivity contribution in [3.05, 3.63) is 54.6 Å². The van der Waals surface area contributed by atoms with Crippen molar-refractivity contribution in [2.45, 2.75) is 4.90 Å². The summed E-state index contributed by atoms with van der Waals surface area (Å²) in [6, 6.07) is 15.0. The second-order valence-corrected chi connectivity index (χ2v) is 6.86. The van der Waals surface area contributed by atoms with Gasteiger partial charge in [-0.1, -0.05) is 30.3 Å². The van der Waals surface area contributed by atoms with E-state index in [2.05, 4.69) is 14.4 Å². The Morgan fingerprint density at radius 3 is 2.44 bits per heavy atom. The molecular formula is C17H15N3O4S. The van der Waals surface area contributed by atoms with Crippen molar-refractivity contribution < 1.29 is 17.7 Å². The van der Waals surface area contributed by atoms with E-state index in [1.807, 2.05) is 6.07 Å². The summed E-state index contributed by atoms with van der Waals surface area (Å²) in [5.74, 6) is -0.370. The second kappa shape index (κ2) is 6.50. The van der Waals surface area contributed by atoms with E-state index in [0.29, 0.717) is 22.1 Å². The van der Waals surface area contributed by atoms with E-state index in [4.69, 9.17) is 5.73 Å². The molecule has 0 aliphatic rings. The van der Waals surface area contributed by atoms with Gasteiger partial charge in [-0.15, -0.1) is 5.11 Å². The van der Waals surface area contributed by atoms with Gasteiger partial charge in [0.25, 0.3) is 10.1 Å². The predicted molar refractivity (Wildman–Crippen MR) is 94.8 cm³/mol. The fourth-order valence-electron chi connectivity index (χ4n) is 2.41. The molecule has 0 heterocycles. The molecule has 0 aromatic heterocycles. The lowest BCUT2D eigenvalue weighted by Gasteiger charge is -2.11. The van der Waals surface area contributed by atoms with Crippen LogP contribution in [0.4, 0.5) is 17.1 Å². The van der Waals surface area contributed by atoms with E-state index in [1.165, 1.54) is 6.07 Å². The van der Waals surface area contributed by atoms with Crippen molar-refractivity contribution >= 4 is 38.0 Å². The lowest BCUT2D eigenvalue weighted by Crippen LogP contribution is -2.03. The largest absolute Gasteiger partial charge is 0.505 e. The van der Waals surface area contributed by atoms with Crippen LogP contribution in [-0.2, 0) is 14.3 Å². The van der Waals surface area contributed by atoms with Gasteiger partial charge in [-0.25, -0.2) is 0 Å². The molecule has 0 radical (unpaired) electrons. The van der Waals surface area contributed by atoms with Crippen LogP contribution in [0.25, 0.3) is 10.8 Å². The van der Waals surface area contributed by atoms with Gasteiger partial charge in [0.1, 0.15) is 10.6 Å². The summed E-state index contributed by atoms with van der Waals surface area (Å²) in [5.41, 5.74) is 6.49. The first-order valence-corrected chi connectivity index (χ1v) is 8.66. The van der Waals surface area contributed by atoms with Gasteiger partial charge >= 0.3 is 0 Å². The Balaban J connectivity index is 2.31. The number of hydrogen-bond donors (Lipinski definition) is 2. The number of nitrogen functional groups attached to an aromatic ring is 1. The summed E-state index contributed by atoms with van der Waals surface area (Å²) in [7, 11) is -3.08. The van der Waals surface area contributed by atoms with Gasteiger partial charge in [-0.05, 0) is 29.7 Å². The van der Waals surface area contributed by atoms with Crippen LogP contribution in [0.15, 0.2) is 69.7 Å². The normalized spacial score (nSPS) is 12.0. The highest BCUT2D eigenvalue weighted by molar-refractivity contribution is 7.87. The highest BCUT2D eigenvalue weighted by Crippen LogP contribution is 2.43. The van der Waals surface area contributed by atoms with Gasteiger partial charge in [0, 0.05) is 11.1 Å². The zero-order valence-corrected chi connectivity index (χ0v) is 14.1. The average molecular weight is 357 g/mol. The van der Waals surface area contributed by atoms with Crippen LogP contribution in [-0.4, -0.2) is 20.6 Å². The maximum Gasteiger partial charge on any atom is 0.299 e. The quantitative estimate of drug-likeness (QED) is 0.418. The molecule has 0 saturated heterocycles. The van der Waals surface area contributed by atoms with Crippen molar-refractivity contribution in [3.8, 4) is 5.75 Å². The summed E-state index contributed by atoms with van der Waals surface area (Å²) >= 11 is 0. The number of nitrogens with two attached hydrogens (primary N) is 1. The number of rotatable bonds is 4. The Bertz CT molecular complexity index is 1060. The SMILES string of the molecule is COS(=O)(=O)c1cc2cccc(N)c2c(O)c1N=Nc1ccccc1. The topological polar surface area (TPSA) is 114 Å². The Kier molecular flexibility index (Phi) is 4.39. The van der Waals surface area contributed by atoms with Crippen molar-refractivity contribution in [3.63, 3.8) is 0 Å². The van der Waals surface area contributed by atoms with Crippen LogP contribution in [0.2, 0.25) is 0 Å². The number of azo groups is 1.